The third-order valence-electron chi connectivity index (χ3n) is 4.55. The molecule has 2 aliphatic heterocycles. The lowest BCUT2D eigenvalue weighted by atomic mass is 10.1. The molecule has 0 N–H and O–H groups in total. The van der Waals surface area contributed by atoms with Crippen LogP contribution in [-0.2, 0) is 17.7 Å². The Labute approximate surface area is 139 Å². The van der Waals surface area contributed by atoms with Crippen molar-refractivity contribution in [3.8, 4) is 6.07 Å². The minimum Gasteiger partial charge on any atom is -0.445 e. The molecule has 6 nitrogen and oxygen atoms in total. The van der Waals surface area contributed by atoms with Gasteiger partial charge < -0.3 is 14.1 Å². The molecule has 1 aromatic heterocycles. The van der Waals surface area contributed by atoms with Crippen molar-refractivity contribution in [3.05, 3.63) is 52.7 Å². The van der Waals surface area contributed by atoms with Gasteiger partial charge >= 0.3 is 0 Å². The Kier molecular flexibility index (Phi) is 3.79. The monoisotopic (exact) mass is 323 g/mol. The number of amides is 1. The normalized spacial score (nSPS) is 19.8. The Bertz CT molecular complexity index is 815. The number of hydrogen-bond donors (Lipinski definition) is 0. The summed E-state index contributed by atoms with van der Waals surface area (Å²) in [6, 6.07) is 8.86. The lowest BCUT2D eigenvalue weighted by molar-refractivity contribution is 0.0728. The number of nitrogens with zero attached hydrogens (tertiary/aromatic N) is 3. The quantitative estimate of drug-likeness (QED) is 0.847. The van der Waals surface area contributed by atoms with Gasteiger partial charge in [-0.15, -0.1) is 0 Å². The standard InChI is InChI=1S/C18H17N3O3/c19-9-12-2-1-3-13(8-12)18(22)21-6-4-16-15(10-21)20-17(24-16)14-5-7-23-11-14/h1-3,8,14H,4-7,10-11H2. The summed E-state index contributed by atoms with van der Waals surface area (Å²) in [7, 11) is 0. The molecule has 4 rings (SSSR count). The molecule has 0 saturated carbocycles. The Morgan fingerprint density at radius 3 is 3.12 bits per heavy atom. The molecule has 0 spiro atoms. The number of ether oxygens (including phenoxy) is 1. The van der Waals surface area contributed by atoms with Gasteiger partial charge in [0.1, 0.15) is 11.5 Å². The SMILES string of the molecule is N#Cc1cccc(C(=O)N2CCc3oc(C4CCOC4)nc3C2)c1. The van der Waals surface area contributed by atoms with E-state index in [0.29, 0.717) is 37.2 Å². The summed E-state index contributed by atoms with van der Waals surface area (Å²) < 4.78 is 11.3. The fourth-order valence-electron chi connectivity index (χ4n) is 3.20. The van der Waals surface area contributed by atoms with Crippen molar-refractivity contribution in [2.75, 3.05) is 19.8 Å². The van der Waals surface area contributed by atoms with E-state index in [1.54, 1.807) is 29.2 Å². The van der Waals surface area contributed by atoms with Gasteiger partial charge in [-0.25, -0.2) is 4.98 Å². The molecule has 24 heavy (non-hydrogen) atoms. The number of fused-ring (bicyclic) bond motifs is 1. The van der Waals surface area contributed by atoms with E-state index in [-0.39, 0.29) is 11.8 Å². The number of rotatable bonds is 2. The Hall–Kier alpha value is -2.65. The largest absolute Gasteiger partial charge is 0.445 e. The van der Waals surface area contributed by atoms with Crippen LogP contribution in [0.5, 0.6) is 0 Å². The van der Waals surface area contributed by atoms with Crippen LogP contribution in [0.4, 0.5) is 0 Å². The summed E-state index contributed by atoms with van der Waals surface area (Å²) in [6.07, 6.45) is 1.60. The minimum atomic E-state index is -0.0773. The van der Waals surface area contributed by atoms with E-state index in [0.717, 1.165) is 30.4 Å². The zero-order valence-electron chi connectivity index (χ0n) is 13.2. The Morgan fingerprint density at radius 2 is 2.33 bits per heavy atom. The van der Waals surface area contributed by atoms with Gasteiger partial charge in [-0.2, -0.15) is 5.26 Å². The van der Waals surface area contributed by atoms with Crippen LogP contribution >= 0.6 is 0 Å². The summed E-state index contributed by atoms with van der Waals surface area (Å²) in [5.41, 5.74) is 1.86. The lowest BCUT2D eigenvalue weighted by Gasteiger charge is -2.25. The third kappa shape index (κ3) is 2.68. The first-order valence-electron chi connectivity index (χ1n) is 8.10. The molecule has 2 aliphatic rings. The molecule has 1 fully saturated rings. The van der Waals surface area contributed by atoms with Gasteiger partial charge in [0.2, 0.25) is 0 Å². The Balaban J connectivity index is 1.53. The summed E-state index contributed by atoms with van der Waals surface area (Å²) in [6.45, 7) is 2.45. The summed E-state index contributed by atoms with van der Waals surface area (Å²) in [5, 5.41) is 8.98. The fourth-order valence-corrected chi connectivity index (χ4v) is 3.20. The number of oxazole rings is 1. The van der Waals surface area contributed by atoms with E-state index in [2.05, 4.69) is 11.1 Å². The minimum absolute atomic E-state index is 0.0773. The maximum Gasteiger partial charge on any atom is 0.254 e. The second kappa shape index (κ2) is 6.10. The summed E-state index contributed by atoms with van der Waals surface area (Å²) in [4.78, 5) is 19.0. The van der Waals surface area contributed by atoms with Crippen LogP contribution in [0.2, 0.25) is 0 Å². The molecule has 2 aromatic rings. The van der Waals surface area contributed by atoms with Crippen molar-refractivity contribution in [2.24, 2.45) is 0 Å². The molecule has 0 bridgehead atoms. The van der Waals surface area contributed by atoms with Crippen LogP contribution in [0, 0.1) is 11.3 Å². The van der Waals surface area contributed by atoms with E-state index in [4.69, 9.17) is 14.4 Å². The zero-order chi connectivity index (χ0) is 16.5. The van der Waals surface area contributed by atoms with Crippen LogP contribution in [0.25, 0.3) is 0 Å². The predicted molar refractivity (Wildman–Crippen MR) is 84.3 cm³/mol. The topological polar surface area (TPSA) is 79.4 Å². The van der Waals surface area contributed by atoms with Gasteiger partial charge in [-0.1, -0.05) is 6.07 Å². The molecule has 1 saturated heterocycles. The smallest absolute Gasteiger partial charge is 0.254 e. The van der Waals surface area contributed by atoms with Crippen LogP contribution in [-0.4, -0.2) is 35.5 Å². The second-order valence-electron chi connectivity index (χ2n) is 6.15. The molecule has 1 aromatic carbocycles. The van der Waals surface area contributed by atoms with Crippen LogP contribution in [0.1, 0.15) is 45.6 Å². The van der Waals surface area contributed by atoms with Gasteiger partial charge in [0, 0.05) is 25.1 Å². The molecule has 0 aliphatic carbocycles. The number of aromatic nitrogens is 1. The fraction of sp³-hybridized carbons (Fsp3) is 0.389. The summed E-state index contributed by atoms with van der Waals surface area (Å²) >= 11 is 0. The highest BCUT2D eigenvalue weighted by Crippen LogP contribution is 2.29. The first-order valence-corrected chi connectivity index (χ1v) is 8.10. The third-order valence-corrected chi connectivity index (χ3v) is 4.55. The summed E-state index contributed by atoms with van der Waals surface area (Å²) in [5.74, 6) is 1.77. The molecule has 122 valence electrons. The molecular weight excluding hydrogens is 306 g/mol. The molecule has 1 amide bonds. The highest BCUT2D eigenvalue weighted by molar-refractivity contribution is 5.94. The average molecular weight is 323 g/mol. The van der Waals surface area contributed by atoms with E-state index < -0.39 is 0 Å². The van der Waals surface area contributed by atoms with Gasteiger partial charge in [0.15, 0.2) is 5.89 Å². The van der Waals surface area contributed by atoms with Crippen LogP contribution < -0.4 is 0 Å². The predicted octanol–water partition coefficient (Wildman–Crippen LogP) is 2.25. The number of hydrogen-bond acceptors (Lipinski definition) is 5. The van der Waals surface area contributed by atoms with Gasteiger partial charge in [0.05, 0.1) is 30.7 Å². The van der Waals surface area contributed by atoms with E-state index >= 15 is 0 Å². The number of benzene rings is 1. The first kappa shape index (κ1) is 14.9. The van der Waals surface area contributed by atoms with E-state index in [1.165, 1.54) is 0 Å². The molecule has 6 heteroatoms. The van der Waals surface area contributed by atoms with Crippen molar-refractivity contribution >= 4 is 5.91 Å². The molecular formula is C18H17N3O3. The highest BCUT2D eigenvalue weighted by atomic mass is 16.5. The number of carbonyl (C=O) groups is 1. The van der Waals surface area contributed by atoms with E-state index in [1.807, 2.05) is 0 Å². The number of carbonyl (C=O) groups excluding carboxylic acids is 1. The molecule has 0 radical (unpaired) electrons. The van der Waals surface area contributed by atoms with E-state index in [9.17, 15) is 4.79 Å². The number of nitriles is 1. The van der Waals surface area contributed by atoms with Gasteiger partial charge in [0.25, 0.3) is 5.91 Å². The lowest BCUT2D eigenvalue weighted by Crippen LogP contribution is -2.35. The highest BCUT2D eigenvalue weighted by Gasteiger charge is 2.29. The van der Waals surface area contributed by atoms with Crippen molar-refractivity contribution in [1.29, 1.82) is 5.26 Å². The van der Waals surface area contributed by atoms with Crippen LogP contribution in [0.3, 0.4) is 0 Å². The molecule has 3 heterocycles. The average Bonchev–Trinajstić information content (AvgIpc) is 3.29. The van der Waals surface area contributed by atoms with Gasteiger partial charge in [-0.05, 0) is 24.6 Å². The first-order chi connectivity index (χ1) is 11.7. The molecule has 1 unspecified atom stereocenters. The maximum atomic E-state index is 12.7. The van der Waals surface area contributed by atoms with Gasteiger partial charge in [-0.3, -0.25) is 4.79 Å². The van der Waals surface area contributed by atoms with Crippen molar-refractivity contribution in [3.63, 3.8) is 0 Å². The second-order valence-corrected chi connectivity index (χ2v) is 6.15. The zero-order valence-corrected chi connectivity index (χ0v) is 13.2. The Morgan fingerprint density at radius 1 is 1.42 bits per heavy atom. The molecule has 1 atom stereocenters. The van der Waals surface area contributed by atoms with Crippen LogP contribution in [0.15, 0.2) is 28.7 Å². The maximum absolute atomic E-state index is 12.7. The van der Waals surface area contributed by atoms with Crippen molar-refractivity contribution in [2.45, 2.75) is 25.3 Å². The van der Waals surface area contributed by atoms with Crippen molar-refractivity contribution < 1.29 is 13.9 Å². The van der Waals surface area contributed by atoms with Crippen molar-refractivity contribution in [1.82, 2.24) is 9.88 Å².